The summed E-state index contributed by atoms with van der Waals surface area (Å²) in [4.78, 5) is 27.2. The lowest BCUT2D eigenvalue weighted by Crippen LogP contribution is -2.30. The highest BCUT2D eigenvalue weighted by Gasteiger charge is 2.21. The van der Waals surface area contributed by atoms with E-state index in [4.69, 9.17) is 14.6 Å². The van der Waals surface area contributed by atoms with Gasteiger partial charge in [-0.2, -0.15) is 0 Å². The van der Waals surface area contributed by atoms with Gasteiger partial charge in [0.25, 0.3) is 5.91 Å². The number of aromatic hydroxyl groups is 1. The normalized spacial score (nSPS) is 10.8. The third kappa shape index (κ3) is 5.22. The average molecular weight is 487 g/mol. The maximum Gasteiger partial charge on any atom is 0.322 e. The fourth-order valence-electron chi connectivity index (χ4n) is 4.12. The van der Waals surface area contributed by atoms with E-state index < -0.39 is 18.4 Å². The van der Waals surface area contributed by atoms with Crippen molar-refractivity contribution in [2.45, 2.75) is 20.3 Å². The fraction of sp³-hybridized carbons (Fsp3) is 0.179. The molecule has 0 aliphatic rings. The number of pyridine rings is 1. The Hall–Kier alpha value is -4.59. The molecule has 3 aromatic carbocycles. The molecule has 0 aliphatic heterocycles. The van der Waals surface area contributed by atoms with Gasteiger partial charge in [-0.15, -0.1) is 0 Å². The number of rotatable bonds is 8. The summed E-state index contributed by atoms with van der Waals surface area (Å²) in [6, 6.07) is 19.4. The summed E-state index contributed by atoms with van der Waals surface area (Å²) in [5, 5.41) is 22.4. The first kappa shape index (κ1) is 24.5. The first-order valence-electron chi connectivity index (χ1n) is 11.3. The summed E-state index contributed by atoms with van der Waals surface area (Å²) in [6.45, 7) is 3.39. The van der Waals surface area contributed by atoms with Gasteiger partial charge in [0.15, 0.2) is 11.4 Å². The molecule has 1 amide bonds. The van der Waals surface area contributed by atoms with Crippen LogP contribution in [-0.4, -0.2) is 40.7 Å². The van der Waals surface area contributed by atoms with E-state index in [1.54, 1.807) is 18.2 Å². The zero-order chi connectivity index (χ0) is 25.8. The predicted octanol–water partition coefficient (Wildman–Crippen LogP) is 4.76. The van der Waals surface area contributed by atoms with Crippen molar-refractivity contribution in [1.82, 2.24) is 10.3 Å². The molecule has 0 saturated heterocycles. The first-order valence-corrected chi connectivity index (χ1v) is 11.3. The smallest absolute Gasteiger partial charge is 0.322 e. The molecule has 0 radical (unpaired) electrons. The van der Waals surface area contributed by atoms with Gasteiger partial charge in [-0.1, -0.05) is 42.5 Å². The summed E-state index contributed by atoms with van der Waals surface area (Å²) in [5.74, 6) is -1.08. The topological polar surface area (TPSA) is 118 Å². The molecule has 0 saturated carbocycles. The van der Waals surface area contributed by atoms with E-state index in [0.717, 1.165) is 23.3 Å². The summed E-state index contributed by atoms with van der Waals surface area (Å²) in [7, 11) is 1.39. The van der Waals surface area contributed by atoms with Crippen molar-refractivity contribution in [3.63, 3.8) is 0 Å². The van der Waals surface area contributed by atoms with Crippen LogP contribution in [0.5, 0.6) is 23.1 Å². The maximum atomic E-state index is 12.3. The molecule has 0 fully saturated rings. The Bertz CT molecular complexity index is 1430. The number of methoxy groups -OCH3 is 1. The Morgan fingerprint density at radius 2 is 1.64 bits per heavy atom. The van der Waals surface area contributed by atoms with Crippen LogP contribution in [-0.2, 0) is 11.2 Å². The monoisotopic (exact) mass is 486 g/mol. The molecule has 1 aromatic heterocycles. The zero-order valence-corrected chi connectivity index (χ0v) is 20.2. The SMILES string of the molecule is COc1nc(C(=O)NCC(=O)O)c(O)c2ccc(Oc3c(C)cc(Cc4ccccc4)cc3C)cc12. The molecule has 0 unspecified atom stereocenters. The van der Waals surface area contributed by atoms with E-state index in [-0.39, 0.29) is 17.3 Å². The minimum Gasteiger partial charge on any atom is -0.505 e. The molecule has 0 bridgehead atoms. The van der Waals surface area contributed by atoms with Crippen molar-refractivity contribution in [2.75, 3.05) is 13.7 Å². The summed E-state index contributed by atoms with van der Waals surface area (Å²) >= 11 is 0. The van der Waals surface area contributed by atoms with Gasteiger partial charge in [0.2, 0.25) is 5.88 Å². The van der Waals surface area contributed by atoms with Crippen LogP contribution in [0.4, 0.5) is 0 Å². The molecule has 4 aromatic rings. The van der Waals surface area contributed by atoms with Crippen LogP contribution in [0.3, 0.4) is 0 Å². The van der Waals surface area contributed by atoms with Gasteiger partial charge in [0.05, 0.1) is 12.5 Å². The number of ether oxygens (including phenoxy) is 2. The van der Waals surface area contributed by atoms with Gasteiger partial charge >= 0.3 is 5.97 Å². The first-order chi connectivity index (χ1) is 17.3. The van der Waals surface area contributed by atoms with Crippen LogP contribution in [0.1, 0.15) is 32.7 Å². The number of nitrogens with zero attached hydrogens (tertiary/aromatic N) is 1. The van der Waals surface area contributed by atoms with Crippen LogP contribution in [0.25, 0.3) is 10.8 Å². The molecule has 4 rings (SSSR count). The van der Waals surface area contributed by atoms with Crippen molar-refractivity contribution in [2.24, 2.45) is 0 Å². The van der Waals surface area contributed by atoms with E-state index in [0.29, 0.717) is 16.5 Å². The van der Waals surface area contributed by atoms with Gasteiger partial charge < -0.3 is 25.0 Å². The van der Waals surface area contributed by atoms with Crippen molar-refractivity contribution in [1.29, 1.82) is 0 Å². The molecular weight excluding hydrogens is 460 g/mol. The highest BCUT2D eigenvalue weighted by atomic mass is 16.5. The Morgan fingerprint density at radius 1 is 0.944 bits per heavy atom. The van der Waals surface area contributed by atoms with Crippen molar-refractivity contribution in [3.05, 3.63) is 88.6 Å². The van der Waals surface area contributed by atoms with Gasteiger partial charge in [0, 0.05) is 5.39 Å². The van der Waals surface area contributed by atoms with Crippen LogP contribution in [0.15, 0.2) is 60.7 Å². The number of aryl methyl sites for hydroxylation is 2. The number of carbonyl (C=O) groups excluding carboxylic acids is 1. The second kappa shape index (κ2) is 10.4. The lowest BCUT2D eigenvalue weighted by Gasteiger charge is -2.16. The molecule has 8 nitrogen and oxygen atoms in total. The van der Waals surface area contributed by atoms with Gasteiger partial charge in [-0.3, -0.25) is 9.59 Å². The van der Waals surface area contributed by atoms with Gasteiger partial charge in [0.1, 0.15) is 18.0 Å². The molecule has 0 aliphatic carbocycles. The molecule has 0 atom stereocenters. The summed E-state index contributed by atoms with van der Waals surface area (Å²) < 4.78 is 11.6. The van der Waals surface area contributed by atoms with Crippen LogP contribution >= 0.6 is 0 Å². The van der Waals surface area contributed by atoms with Gasteiger partial charge in [-0.25, -0.2) is 4.98 Å². The third-order valence-electron chi connectivity index (χ3n) is 5.71. The zero-order valence-electron chi connectivity index (χ0n) is 20.2. The number of amides is 1. The fourth-order valence-corrected chi connectivity index (χ4v) is 4.12. The molecule has 0 spiro atoms. The second-order valence-corrected chi connectivity index (χ2v) is 8.43. The second-order valence-electron chi connectivity index (χ2n) is 8.43. The highest BCUT2D eigenvalue weighted by molar-refractivity contribution is 6.04. The molecule has 3 N–H and O–H groups in total. The Kier molecular flexibility index (Phi) is 7.05. The predicted molar refractivity (Wildman–Crippen MR) is 135 cm³/mol. The molecule has 1 heterocycles. The van der Waals surface area contributed by atoms with Crippen molar-refractivity contribution in [3.8, 4) is 23.1 Å². The van der Waals surface area contributed by atoms with Crippen LogP contribution < -0.4 is 14.8 Å². The Balaban J connectivity index is 1.64. The number of carboxylic acid groups (broad SMARTS) is 1. The minimum absolute atomic E-state index is 0.0976. The molecule has 8 heteroatoms. The number of carboxylic acids is 1. The maximum absolute atomic E-state index is 12.3. The van der Waals surface area contributed by atoms with E-state index in [9.17, 15) is 14.7 Å². The number of fused-ring (bicyclic) bond motifs is 1. The van der Waals surface area contributed by atoms with E-state index in [1.807, 2.05) is 32.0 Å². The van der Waals surface area contributed by atoms with Crippen molar-refractivity contribution >= 4 is 22.6 Å². The lowest BCUT2D eigenvalue weighted by molar-refractivity contribution is -0.135. The minimum atomic E-state index is -1.21. The number of hydrogen-bond donors (Lipinski definition) is 3. The third-order valence-corrected chi connectivity index (χ3v) is 5.71. The number of aliphatic carboxylic acids is 1. The molecule has 184 valence electrons. The van der Waals surface area contributed by atoms with Crippen molar-refractivity contribution < 1.29 is 29.3 Å². The van der Waals surface area contributed by atoms with E-state index in [1.165, 1.54) is 18.2 Å². The summed E-state index contributed by atoms with van der Waals surface area (Å²) in [6.07, 6.45) is 0.823. The largest absolute Gasteiger partial charge is 0.505 e. The number of benzene rings is 3. The number of nitrogens with one attached hydrogen (secondary N) is 1. The molecule has 36 heavy (non-hydrogen) atoms. The van der Waals surface area contributed by atoms with Crippen LogP contribution in [0, 0.1) is 13.8 Å². The lowest BCUT2D eigenvalue weighted by atomic mass is 10.00. The summed E-state index contributed by atoms with van der Waals surface area (Å²) in [5.41, 5.74) is 4.07. The quantitative estimate of drug-likeness (QED) is 0.329. The highest BCUT2D eigenvalue weighted by Crippen LogP contribution is 2.38. The molecular formula is C28H26N2O6. The van der Waals surface area contributed by atoms with Crippen LogP contribution in [0.2, 0.25) is 0 Å². The number of hydrogen-bond acceptors (Lipinski definition) is 6. The number of carbonyl (C=O) groups is 2. The Morgan fingerprint density at radius 3 is 2.28 bits per heavy atom. The Labute approximate surface area is 208 Å². The van der Waals surface area contributed by atoms with E-state index >= 15 is 0 Å². The van der Waals surface area contributed by atoms with Gasteiger partial charge in [-0.05, 0) is 60.7 Å². The standard InChI is InChI=1S/C28H26N2O6/c1-16-11-19(13-18-7-5-4-6-8-18)12-17(2)26(16)36-20-9-10-21-22(14-20)28(35-3)30-24(25(21)33)27(34)29-15-23(31)32/h4-12,14,33H,13,15H2,1-3H3,(H,29,34)(H,31,32). The van der Waals surface area contributed by atoms with E-state index in [2.05, 4.69) is 34.6 Å². The average Bonchev–Trinajstić information content (AvgIpc) is 2.85. The number of aromatic nitrogens is 1.